The van der Waals surface area contributed by atoms with Gasteiger partial charge in [-0.15, -0.1) is 0 Å². The van der Waals surface area contributed by atoms with Crippen molar-refractivity contribution in [3.63, 3.8) is 0 Å². The summed E-state index contributed by atoms with van der Waals surface area (Å²) in [6.07, 6.45) is 1.60. The molecule has 1 fully saturated rings. The third-order valence-electron chi connectivity index (χ3n) is 5.52. The van der Waals surface area contributed by atoms with Gasteiger partial charge in [0.1, 0.15) is 12.1 Å². The SMILES string of the molecule is CCc1cccc(NC(=O)CN2C(=O)N[C@](C)(c3ccc4c(c3)OCCCO4)C2=O)c1. The number of urea groups is 1. The standard InChI is InChI=1S/C23H25N3O5/c1-3-15-6-4-7-17(12-15)24-20(27)14-26-21(28)23(2,25-22(26)29)16-8-9-18-19(13-16)31-11-5-10-30-18/h4,6-9,12-13H,3,5,10-11,14H2,1-2H3,(H,24,27)(H,25,29)/t23-/m1/s1. The second-order valence-electron chi connectivity index (χ2n) is 7.76. The normalized spacial score (nSPS) is 20.3. The summed E-state index contributed by atoms with van der Waals surface area (Å²) in [5.41, 5.74) is 0.968. The lowest BCUT2D eigenvalue weighted by Crippen LogP contribution is -2.42. The van der Waals surface area contributed by atoms with Crippen molar-refractivity contribution >= 4 is 23.5 Å². The van der Waals surface area contributed by atoms with Crippen molar-refractivity contribution in [1.29, 1.82) is 0 Å². The number of ether oxygens (including phenoxy) is 2. The summed E-state index contributed by atoms with van der Waals surface area (Å²) in [4.78, 5) is 39.2. The molecule has 8 nitrogen and oxygen atoms in total. The number of amides is 4. The van der Waals surface area contributed by atoms with Gasteiger partial charge in [-0.2, -0.15) is 0 Å². The molecule has 2 aromatic rings. The number of rotatable bonds is 5. The van der Waals surface area contributed by atoms with Gasteiger partial charge in [-0.1, -0.05) is 25.1 Å². The monoisotopic (exact) mass is 423 g/mol. The van der Waals surface area contributed by atoms with E-state index in [1.165, 1.54) is 0 Å². The summed E-state index contributed by atoms with van der Waals surface area (Å²) in [6.45, 7) is 4.34. The lowest BCUT2D eigenvalue weighted by atomic mass is 9.91. The van der Waals surface area contributed by atoms with Gasteiger partial charge in [0.15, 0.2) is 11.5 Å². The smallest absolute Gasteiger partial charge is 0.325 e. The molecule has 2 heterocycles. The van der Waals surface area contributed by atoms with Crippen molar-refractivity contribution in [1.82, 2.24) is 10.2 Å². The van der Waals surface area contributed by atoms with Gasteiger partial charge in [-0.05, 0) is 48.7 Å². The maximum absolute atomic E-state index is 13.2. The van der Waals surface area contributed by atoms with E-state index in [1.54, 1.807) is 31.2 Å². The fourth-order valence-corrected chi connectivity index (χ4v) is 3.72. The second-order valence-corrected chi connectivity index (χ2v) is 7.76. The fraction of sp³-hybridized carbons (Fsp3) is 0.348. The predicted molar refractivity (Wildman–Crippen MR) is 114 cm³/mol. The first kappa shape index (κ1) is 20.7. The van der Waals surface area contributed by atoms with Gasteiger partial charge in [0, 0.05) is 12.1 Å². The number of fused-ring (bicyclic) bond motifs is 1. The van der Waals surface area contributed by atoms with Crippen molar-refractivity contribution in [2.24, 2.45) is 0 Å². The van der Waals surface area contributed by atoms with Crippen molar-refractivity contribution in [2.45, 2.75) is 32.2 Å². The summed E-state index contributed by atoms with van der Waals surface area (Å²) in [6, 6.07) is 12.0. The Morgan fingerprint density at radius 1 is 1.13 bits per heavy atom. The molecule has 2 aromatic carbocycles. The Bertz CT molecular complexity index is 1040. The van der Waals surface area contributed by atoms with E-state index >= 15 is 0 Å². The molecule has 0 aromatic heterocycles. The lowest BCUT2D eigenvalue weighted by molar-refractivity contribution is -0.133. The van der Waals surface area contributed by atoms with E-state index in [0.29, 0.717) is 36.0 Å². The molecular formula is C23H25N3O5. The van der Waals surface area contributed by atoms with E-state index in [9.17, 15) is 14.4 Å². The number of imide groups is 1. The van der Waals surface area contributed by atoms with Gasteiger partial charge >= 0.3 is 6.03 Å². The first-order valence-corrected chi connectivity index (χ1v) is 10.3. The number of benzene rings is 2. The molecule has 4 rings (SSSR count). The summed E-state index contributed by atoms with van der Waals surface area (Å²) >= 11 is 0. The number of carbonyl (C=O) groups is 3. The highest BCUT2D eigenvalue weighted by molar-refractivity contribution is 6.10. The first-order valence-electron chi connectivity index (χ1n) is 10.3. The number of nitrogens with zero attached hydrogens (tertiary/aromatic N) is 1. The minimum atomic E-state index is -1.30. The summed E-state index contributed by atoms with van der Waals surface area (Å²) < 4.78 is 11.3. The van der Waals surface area contributed by atoms with Gasteiger partial charge in [0.05, 0.1) is 13.2 Å². The van der Waals surface area contributed by atoms with Gasteiger partial charge in [0.2, 0.25) is 5.91 Å². The van der Waals surface area contributed by atoms with Crippen molar-refractivity contribution in [2.75, 3.05) is 25.1 Å². The van der Waals surface area contributed by atoms with Crippen LogP contribution in [0.5, 0.6) is 11.5 Å². The Morgan fingerprint density at radius 3 is 2.68 bits per heavy atom. The molecule has 0 aliphatic carbocycles. The van der Waals surface area contributed by atoms with Crippen LogP contribution in [-0.2, 0) is 21.5 Å². The molecule has 162 valence electrons. The maximum Gasteiger partial charge on any atom is 0.325 e. The molecule has 4 amide bonds. The molecule has 0 spiro atoms. The number of anilines is 1. The Labute approximate surface area is 180 Å². The van der Waals surface area contributed by atoms with Crippen LogP contribution in [0.15, 0.2) is 42.5 Å². The zero-order valence-electron chi connectivity index (χ0n) is 17.6. The Balaban J connectivity index is 1.50. The summed E-state index contributed by atoms with van der Waals surface area (Å²) in [5.74, 6) is 0.196. The molecule has 1 saturated heterocycles. The fourth-order valence-electron chi connectivity index (χ4n) is 3.72. The van der Waals surface area contributed by atoms with Crippen LogP contribution in [0.1, 0.15) is 31.4 Å². The molecule has 2 aliphatic heterocycles. The lowest BCUT2D eigenvalue weighted by Gasteiger charge is -2.23. The van der Waals surface area contributed by atoms with E-state index in [2.05, 4.69) is 10.6 Å². The van der Waals surface area contributed by atoms with Gasteiger partial charge in [-0.25, -0.2) is 4.79 Å². The predicted octanol–water partition coefficient (Wildman–Crippen LogP) is 2.82. The third-order valence-corrected chi connectivity index (χ3v) is 5.52. The zero-order valence-corrected chi connectivity index (χ0v) is 17.6. The Kier molecular flexibility index (Phi) is 5.54. The minimum Gasteiger partial charge on any atom is -0.490 e. The van der Waals surface area contributed by atoms with E-state index < -0.39 is 23.4 Å². The van der Waals surface area contributed by atoms with Crippen LogP contribution in [0.4, 0.5) is 10.5 Å². The molecule has 0 unspecified atom stereocenters. The zero-order chi connectivity index (χ0) is 22.0. The van der Waals surface area contributed by atoms with Gasteiger partial charge in [0.25, 0.3) is 5.91 Å². The summed E-state index contributed by atoms with van der Waals surface area (Å²) in [5, 5.41) is 5.47. The van der Waals surface area contributed by atoms with Crippen molar-refractivity contribution in [3.8, 4) is 11.5 Å². The summed E-state index contributed by atoms with van der Waals surface area (Å²) in [7, 11) is 0. The number of nitrogens with one attached hydrogen (secondary N) is 2. The Hall–Kier alpha value is -3.55. The van der Waals surface area contributed by atoms with Crippen LogP contribution in [0, 0.1) is 0 Å². The highest BCUT2D eigenvalue weighted by Crippen LogP contribution is 2.36. The van der Waals surface area contributed by atoms with E-state index in [1.807, 2.05) is 25.1 Å². The van der Waals surface area contributed by atoms with Crippen molar-refractivity contribution < 1.29 is 23.9 Å². The molecule has 0 bridgehead atoms. The Morgan fingerprint density at radius 2 is 1.90 bits per heavy atom. The topological polar surface area (TPSA) is 97.0 Å². The van der Waals surface area contributed by atoms with Crippen LogP contribution in [0.25, 0.3) is 0 Å². The van der Waals surface area contributed by atoms with Gasteiger partial charge < -0.3 is 20.1 Å². The highest BCUT2D eigenvalue weighted by atomic mass is 16.5. The number of aryl methyl sites for hydroxylation is 1. The van der Waals surface area contributed by atoms with Crippen molar-refractivity contribution in [3.05, 3.63) is 53.6 Å². The second kappa shape index (κ2) is 8.29. The molecule has 31 heavy (non-hydrogen) atoms. The molecule has 8 heteroatoms. The van der Waals surface area contributed by atoms with Crippen LogP contribution in [0.2, 0.25) is 0 Å². The molecule has 0 saturated carbocycles. The molecular weight excluding hydrogens is 398 g/mol. The van der Waals surface area contributed by atoms with Gasteiger partial charge in [-0.3, -0.25) is 14.5 Å². The van der Waals surface area contributed by atoms with E-state index in [0.717, 1.165) is 23.3 Å². The molecule has 2 aliphatic rings. The average molecular weight is 423 g/mol. The number of hydrogen-bond acceptors (Lipinski definition) is 5. The number of carbonyl (C=O) groups excluding carboxylic acids is 3. The largest absolute Gasteiger partial charge is 0.490 e. The maximum atomic E-state index is 13.2. The van der Waals surface area contributed by atoms with Crippen LogP contribution in [0.3, 0.4) is 0 Å². The quantitative estimate of drug-likeness (QED) is 0.721. The van der Waals surface area contributed by atoms with Crippen LogP contribution in [-0.4, -0.2) is 42.5 Å². The van der Waals surface area contributed by atoms with Crippen LogP contribution >= 0.6 is 0 Å². The third kappa shape index (κ3) is 4.05. The number of hydrogen-bond donors (Lipinski definition) is 2. The molecule has 0 radical (unpaired) electrons. The van der Waals surface area contributed by atoms with Crippen LogP contribution < -0.4 is 20.1 Å². The van der Waals surface area contributed by atoms with E-state index in [4.69, 9.17) is 9.47 Å². The average Bonchev–Trinajstić information content (AvgIpc) is 2.93. The highest BCUT2D eigenvalue weighted by Gasteiger charge is 2.49. The minimum absolute atomic E-state index is 0.374. The van der Waals surface area contributed by atoms with E-state index in [-0.39, 0.29) is 6.54 Å². The molecule has 2 N–H and O–H groups in total. The molecule has 1 atom stereocenters. The first-order chi connectivity index (χ1) is 14.9.